The van der Waals surface area contributed by atoms with Crippen LogP contribution in [0.5, 0.6) is 0 Å². The number of amides is 2. The van der Waals surface area contributed by atoms with Gasteiger partial charge in [-0.15, -0.1) is 0 Å². The summed E-state index contributed by atoms with van der Waals surface area (Å²) in [7, 11) is -4.11. The van der Waals surface area contributed by atoms with Gasteiger partial charge in [0.25, 0.3) is 15.9 Å². The maximum atomic E-state index is 12.6. The van der Waals surface area contributed by atoms with Crippen LogP contribution in [0.3, 0.4) is 0 Å². The molecule has 1 heterocycles. The van der Waals surface area contributed by atoms with Crippen molar-refractivity contribution in [3.05, 3.63) is 36.4 Å². The molecule has 25 heavy (non-hydrogen) atoms. The first-order valence-electron chi connectivity index (χ1n) is 7.95. The zero-order chi connectivity index (χ0) is 18.1. The summed E-state index contributed by atoms with van der Waals surface area (Å²) < 4.78 is 27.2. The second kappa shape index (κ2) is 6.49. The smallest absolute Gasteiger partial charge is 0.266 e. The molecule has 8 nitrogen and oxygen atoms in total. The van der Waals surface area contributed by atoms with E-state index in [0.29, 0.717) is 19.4 Å². The Bertz CT molecular complexity index is 836. The van der Waals surface area contributed by atoms with Crippen LogP contribution in [-0.4, -0.2) is 38.9 Å². The molecule has 0 aromatic heterocycles. The van der Waals surface area contributed by atoms with E-state index >= 15 is 0 Å². The quantitative estimate of drug-likeness (QED) is 0.468. The van der Waals surface area contributed by atoms with E-state index in [4.69, 9.17) is 5.73 Å². The maximum Gasteiger partial charge on any atom is 0.266 e. The summed E-state index contributed by atoms with van der Waals surface area (Å²) in [5, 5.41) is 5.53. The highest BCUT2D eigenvalue weighted by atomic mass is 32.2. The highest BCUT2D eigenvalue weighted by Crippen LogP contribution is 2.42. The molecule has 5 N–H and O–H groups in total. The molecule has 1 fully saturated rings. The Hall–Kier alpha value is -2.39. The summed E-state index contributed by atoms with van der Waals surface area (Å²) in [6.07, 6.45) is 4.62. The Kier molecular flexibility index (Phi) is 4.53. The molecular weight excluding hydrogens is 344 g/mol. The van der Waals surface area contributed by atoms with Crippen molar-refractivity contribution in [1.29, 1.82) is 0 Å². The van der Waals surface area contributed by atoms with Crippen LogP contribution in [0.25, 0.3) is 0 Å². The van der Waals surface area contributed by atoms with Gasteiger partial charge in [0.1, 0.15) is 10.4 Å². The molecule has 0 radical (unpaired) electrons. The Morgan fingerprint density at radius 3 is 2.72 bits per heavy atom. The number of sulfonamides is 1. The number of carbonyl (C=O) groups is 2. The predicted octanol–water partition coefficient (Wildman–Crippen LogP) is -0.303. The van der Waals surface area contributed by atoms with Crippen molar-refractivity contribution < 1.29 is 18.0 Å². The number of benzene rings is 1. The van der Waals surface area contributed by atoms with Crippen molar-refractivity contribution in [2.75, 3.05) is 18.4 Å². The summed E-state index contributed by atoms with van der Waals surface area (Å²) in [4.78, 5) is 24.1. The molecule has 0 saturated heterocycles. The number of carbonyl (C=O) groups excluding carboxylic acids is 2. The molecular formula is C16H20N4O4S. The normalized spacial score (nSPS) is 30.2. The van der Waals surface area contributed by atoms with Gasteiger partial charge < -0.3 is 16.4 Å². The first-order chi connectivity index (χ1) is 11.8. The fourth-order valence-electron chi connectivity index (χ4n) is 2.72. The number of nitrogens with two attached hydrogens (primary N) is 1. The Labute approximate surface area is 145 Å². The molecule has 2 atom stereocenters. The Balaban J connectivity index is 1.92. The van der Waals surface area contributed by atoms with Gasteiger partial charge >= 0.3 is 0 Å². The van der Waals surface area contributed by atoms with E-state index < -0.39 is 21.5 Å². The van der Waals surface area contributed by atoms with E-state index in [1.165, 1.54) is 12.1 Å². The minimum atomic E-state index is -4.11. The zero-order valence-corrected chi connectivity index (χ0v) is 14.3. The molecule has 3 rings (SSSR count). The molecule has 9 heteroatoms. The number of fused-ring (bicyclic) bond motifs is 2. The lowest BCUT2D eigenvalue weighted by Gasteiger charge is -2.15. The van der Waals surface area contributed by atoms with Crippen molar-refractivity contribution in [1.82, 2.24) is 10.0 Å². The topological polar surface area (TPSA) is 130 Å². The van der Waals surface area contributed by atoms with Crippen molar-refractivity contribution in [2.45, 2.75) is 23.3 Å². The number of hydrogen-bond acceptors (Lipinski definition) is 6. The van der Waals surface area contributed by atoms with Crippen LogP contribution in [0.15, 0.2) is 41.3 Å². The fraction of sp³-hybridized carbons (Fsp3) is 0.375. The van der Waals surface area contributed by atoms with E-state index in [2.05, 4.69) is 15.4 Å². The number of para-hydroxylation sites is 1. The Morgan fingerprint density at radius 1 is 1.16 bits per heavy atom. The number of hydrogen-bond donors (Lipinski definition) is 4. The number of anilines is 1. The minimum Gasteiger partial charge on any atom is -0.375 e. The first kappa shape index (κ1) is 17.4. The van der Waals surface area contributed by atoms with Gasteiger partial charge in [-0.1, -0.05) is 24.3 Å². The molecule has 0 unspecified atom stereocenters. The molecule has 1 saturated carbocycles. The van der Waals surface area contributed by atoms with Gasteiger partial charge in [-0.3, -0.25) is 9.59 Å². The van der Waals surface area contributed by atoms with Crippen molar-refractivity contribution in [2.24, 2.45) is 11.7 Å². The lowest BCUT2D eigenvalue weighted by molar-refractivity contribution is -0.121. The van der Waals surface area contributed by atoms with Crippen LogP contribution < -0.4 is 21.1 Å². The van der Waals surface area contributed by atoms with Crippen LogP contribution in [0.2, 0.25) is 0 Å². The highest BCUT2D eigenvalue weighted by molar-refractivity contribution is 7.90. The van der Waals surface area contributed by atoms with Gasteiger partial charge in [-0.05, 0) is 25.0 Å². The molecule has 1 aromatic rings. The molecule has 134 valence electrons. The van der Waals surface area contributed by atoms with Crippen LogP contribution in [-0.2, 0) is 19.6 Å². The third-order valence-corrected chi connectivity index (χ3v) is 5.72. The second-order valence-corrected chi connectivity index (χ2v) is 7.85. The minimum absolute atomic E-state index is 0.0757. The highest BCUT2D eigenvalue weighted by Gasteiger charge is 2.56. The van der Waals surface area contributed by atoms with Crippen molar-refractivity contribution in [3.63, 3.8) is 0 Å². The third kappa shape index (κ3) is 3.67. The molecule has 1 aromatic carbocycles. The average Bonchev–Trinajstić information content (AvgIpc) is 3.23. The SMILES string of the molecule is N[C@]12C[C@@H]1/C=C\CCNC(=O)CNc1ccccc1S(=O)(=O)NC2=O. The summed E-state index contributed by atoms with van der Waals surface area (Å²) in [5.41, 5.74) is 5.05. The van der Waals surface area contributed by atoms with E-state index in [-0.39, 0.29) is 29.0 Å². The summed E-state index contributed by atoms with van der Waals surface area (Å²) in [5.74, 6) is -1.18. The van der Waals surface area contributed by atoms with E-state index in [1.54, 1.807) is 18.2 Å². The lowest BCUT2D eigenvalue weighted by atomic mass is 10.2. The molecule has 1 aliphatic heterocycles. The summed E-state index contributed by atoms with van der Waals surface area (Å²) in [6.45, 7) is 0.376. The van der Waals surface area contributed by atoms with Crippen LogP contribution >= 0.6 is 0 Å². The molecule has 0 spiro atoms. The van der Waals surface area contributed by atoms with E-state index in [1.807, 2.05) is 6.08 Å². The molecule has 1 aliphatic carbocycles. The molecule has 0 bridgehead atoms. The van der Waals surface area contributed by atoms with Gasteiger partial charge in [0.2, 0.25) is 5.91 Å². The predicted molar refractivity (Wildman–Crippen MR) is 92.1 cm³/mol. The van der Waals surface area contributed by atoms with Crippen LogP contribution in [0.1, 0.15) is 12.8 Å². The Morgan fingerprint density at radius 2 is 1.92 bits per heavy atom. The van der Waals surface area contributed by atoms with Crippen molar-refractivity contribution >= 4 is 27.5 Å². The van der Waals surface area contributed by atoms with E-state index in [0.717, 1.165) is 0 Å². The molecule has 2 aliphatic rings. The maximum absolute atomic E-state index is 12.6. The van der Waals surface area contributed by atoms with Gasteiger partial charge in [0.15, 0.2) is 0 Å². The zero-order valence-electron chi connectivity index (χ0n) is 13.5. The number of nitrogens with one attached hydrogen (secondary N) is 3. The van der Waals surface area contributed by atoms with Gasteiger partial charge in [-0.2, -0.15) is 0 Å². The van der Waals surface area contributed by atoms with Crippen LogP contribution in [0.4, 0.5) is 5.69 Å². The average molecular weight is 364 g/mol. The van der Waals surface area contributed by atoms with Crippen LogP contribution in [0, 0.1) is 5.92 Å². The van der Waals surface area contributed by atoms with Gasteiger partial charge in [-0.25, -0.2) is 13.1 Å². The lowest BCUT2D eigenvalue weighted by Crippen LogP contribution is -2.46. The second-order valence-electron chi connectivity index (χ2n) is 6.20. The summed E-state index contributed by atoms with van der Waals surface area (Å²) >= 11 is 0. The monoisotopic (exact) mass is 364 g/mol. The summed E-state index contributed by atoms with van der Waals surface area (Å²) in [6, 6.07) is 6.07. The van der Waals surface area contributed by atoms with Crippen molar-refractivity contribution in [3.8, 4) is 0 Å². The largest absolute Gasteiger partial charge is 0.375 e. The fourth-order valence-corrected chi connectivity index (χ4v) is 3.95. The standard InChI is InChI=1S/C16H20N4O4S/c17-16-9-11(16)5-3-4-8-18-14(21)10-19-12-6-1-2-7-13(12)25(23,24)20-15(16)22/h1-3,5-7,11,19H,4,8-10,17H2,(H,18,21)(H,20,22)/b5-3-/t11-,16+/m0/s1. The van der Waals surface area contributed by atoms with Gasteiger partial charge in [0.05, 0.1) is 12.2 Å². The molecule has 2 amide bonds. The van der Waals surface area contributed by atoms with Gasteiger partial charge in [0, 0.05) is 12.5 Å². The first-order valence-corrected chi connectivity index (χ1v) is 9.44. The number of rotatable bonds is 0. The third-order valence-electron chi connectivity index (χ3n) is 4.33. The van der Waals surface area contributed by atoms with E-state index in [9.17, 15) is 18.0 Å².